The van der Waals surface area contributed by atoms with Crippen molar-refractivity contribution in [2.24, 2.45) is 16.7 Å². The van der Waals surface area contributed by atoms with Gasteiger partial charge in [-0.2, -0.15) is 29.0 Å². The minimum atomic E-state index is -4.54. The third-order valence-electron chi connectivity index (χ3n) is 6.61. The Morgan fingerprint density at radius 3 is 2.23 bits per heavy atom. The number of halogens is 3. The fraction of sp³-hybridized carbons (Fsp3) is 0.524. The smallest absolute Gasteiger partial charge is 0.416 e. The monoisotopic (exact) mass is 414 g/mol. The molecule has 3 fully saturated rings. The van der Waals surface area contributed by atoms with Gasteiger partial charge in [-0.25, -0.2) is 0 Å². The molecule has 1 aromatic rings. The van der Waals surface area contributed by atoms with E-state index in [0.717, 1.165) is 37.1 Å². The van der Waals surface area contributed by atoms with Crippen molar-refractivity contribution in [3.05, 3.63) is 35.4 Å². The van der Waals surface area contributed by atoms with Crippen LogP contribution in [0.25, 0.3) is 0 Å². The van der Waals surface area contributed by atoms with E-state index in [9.17, 15) is 29.0 Å². The quantitative estimate of drug-likeness (QED) is 0.721. The number of ether oxygens (including phenoxy) is 2. The van der Waals surface area contributed by atoms with Gasteiger partial charge in [0.1, 0.15) is 6.10 Å². The first kappa shape index (κ1) is 20.2. The van der Waals surface area contributed by atoms with Gasteiger partial charge in [-0.05, 0) is 30.5 Å². The van der Waals surface area contributed by atoms with Crippen LogP contribution in [0.3, 0.4) is 0 Å². The molecule has 0 aromatic heterocycles. The maximum Gasteiger partial charge on any atom is 0.416 e. The highest BCUT2D eigenvalue weighted by atomic mass is 19.4. The number of nitrogens with zero attached hydrogens (tertiary/aromatic N) is 3. The van der Waals surface area contributed by atoms with Crippen LogP contribution in [0.1, 0.15) is 49.3 Å². The van der Waals surface area contributed by atoms with Crippen LogP contribution in [-0.2, 0) is 15.7 Å². The highest BCUT2D eigenvalue weighted by molar-refractivity contribution is 5.89. The Balaban J connectivity index is 1.93. The zero-order valence-electron chi connectivity index (χ0n) is 15.8. The van der Waals surface area contributed by atoms with E-state index in [0.29, 0.717) is 19.3 Å². The van der Waals surface area contributed by atoms with Gasteiger partial charge in [0.05, 0.1) is 29.7 Å². The molecule has 154 valence electrons. The van der Waals surface area contributed by atoms with Crippen LogP contribution in [0, 0.1) is 56.2 Å². The number of alkyl halides is 3. The third kappa shape index (κ3) is 2.35. The molecule has 3 aliphatic rings. The normalized spacial score (nSPS) is 34.5. The maximum atomic E-state index is 13.0. The molecule has 4 rings (SSSR count). The highest BCUT2D eigenvalue weighted by Crippen LogP contribution is 2.69. The molecule has 0 amide bonds. The summed E-state index contributed by atoms with van der Waals surface area (Å²) in [5, 5.41) is 38.9. The largest absolute Gasteiger partial charge is 0.447 e. The molecule has 1 saturated carbocycles. The van der Waals surface area contributed by atoms with Gasteiger partial charge < -0.3 is 9.47 Å². The van der Waals surface area contributed by atoms with Crippen molar-refractivity contribution in [2.45, 2.75) is 50.2 Å². The lowest BCUT2D eigenvalue weighted by Crippen LogP contribution is -2.59. The van der Waals surface area contributed by atoms with E-state index >= 15 is 0 Å². The molecule has 6 nitrogen and oxygen atoms in total. The second kappa shape index (κ2) is 6.45. The van der Waals surface area contributed by atoms with Crippen LogP contribution in [0.15, 0.2) is 24.3 Å². The topological polar surface area (TPSA) is 114 Å². The second-order valence-corrected chi connectivity index (χ2v) is 7.96. The molecule has 2 heterocycles. The van der Waals surface area contributed by atoms with Gasteiger partial charge in [0.2, 0.25) is 17.1 Å². The van der Waals surface area contributed by atoms with Crippen molar-refractivity contribution in [1.29, 1.82) is 21.2 Å². The molecular weight excluding hydrogens is 397 g/mol. The molecule has 2 aliphatic heterocycles. The zero-order chi connectivity index (χ0) is 21.8. The standard InChI is InChI=1S/C21H17F3N4O2/c22-21(23,24)14-7-5-13(6-8-14)16-18(10-25,11-26)19(12-27)15-4-2-1-3-9-20(15,29-16)30-17(19)28/h5-8,15-16,28H,1-4,9H2. The van der Waals surface area contributed by atoms with Crippen molar-refractivity contribution in [2.75, 3.05) is 0 Å². The summed E-state index contributed by atoms with van der Waals surface area (Å²) in [4.78, 5) is 0. The number of nitrogens with one attached hydrogen (secondary N) is 1. The lowest BCUT2D eigenvalue weighted by molar-refractivity contribution is -0.284. The summed E-state index contributed by atoms with van der Waals surface area (Å²) in [6, 6.07) is 9.87. The molecule has 9 heteroatoms. The van der Waals surface area contributed by atoms with Gasteiger partial charge in [0.25, 0.3) is 0 Å². The van der Waals surface area contributed by atoms with Gasteiger partial charge in [-0.15, -0.1) is 0 Å². The highest BCUT2D eigenvalue weighted by Gasteiger charge is 2.80. The van der Waals surface area contributed by atoms with Crippen LogP contribution in [0.2, 0.25) is 0 Å². The third-order valence-corrected chi connectivity index (χ3v) is 6.61. The molecule has 1 N–H and O–H groups in total. The molecular formula is C21H17F3N4O2. The fourth-order valence-electron chi connectivity index (χ4n) is 5.18. The van der Waals surface area contributed by atoms with Gasteiger partial charge in [0.15, 0.2) is 5.41 Å². The summed E-state index contributed by atoms with van der Waals surface area (Å²) < 4.78 is 51.0. The Hall–Kier alpha value is -3.09. The zero-order valence-corrected chi connectivity index (χ0v) is 15.8. The molecule has 1 aliphatic carbocycles. The molecule has 4 unspecified atom stereocenters. The Bertz CT molecular complexity index is 1000. The molecule has 30 heavy (non-hydrogen) atoms. The maximum absolute atomic E-state index is 13.0. The van der Waals surface area contributed by atoms with Crippen molar-refractivity contribution >= 4 is 5.90 Å². The van der Waals surface area contributed by atoms with E-state index in [1.165, 1.54) is 0 Å². The summed E-state index contributed by atoms with van der Waals surface area (Å²) in [6.45, 7) is 0. The molecule has 0 spiro atoms. The van der Waals surface area contributed by atoms with Gasteiger partial charge >= 0.3 is 6.18 Å². The number of benzene rings is 1. The summed E-state index contributed by atoms with van der Waals surface area (Å²) >= 11 is 0. The first-order chi connectivity index (χ1) is 14.2. The SMILES string of the molecule is N#CC1(C#N)C(c2ccc(C(F)(F)F)cc2)OC23CCCCCC2C1(C#N)C(=N)O3. The Labute approximate surface area is 170 Å². The molecule has 4 atom stereocenters. The first-order valence-corrected chi connectivity index (χ1v) is 9.57. The molecule has 2 bridgehead atoms. The van der Waals surface area contributed by atoms with E-state index in [4.69, 9.17) is 14.9 Å². The average Bonchev–Trinajstić information content (AvgIpc) is 2.85. The summed E-state index contributed by atoms with van der Waals surface area (Å²) in [5.74, 6) is -2.52. The molecule has 1 aromatic carbocycles. The number of rotatable bonds is 1. The van der Waals surface area contributed by atoms with E-state index < -0.39 is 46.3 Å². The first-order valence-electron chi connectivity index (χ1n) is 9.57. The van der Waals surface area contributed by atoms with Gasteiger partial charge in [-0.3, -0.25) is 5.41 Å². The van der Waals surface area contributed by atoms with E-state index in [1.807, 2.05) is 12.1 Å². The average molecular weight is 414 g/mol. The van der Waals surface area contributed by atoms with E-state index in [2.05, 4.69) is 6.07 Å². The van der Waals surface area contributed by atoms with Gasteiger partial charge in [-0.1, -0.05) is 25.0 Å². The van der Waals surface area contributed by atoms with Crippen LogP contribution < -0.4 is 0 Å². The molecule has 0 radical (unpaired) electrons. The van der Waals surface area contributed by atoms with E-state index in [1.54, 1.807) is 0 Å². The Kier molecular flexibility index (Phi) is 4.34. The number of nitriles is 3. The summed E-state index contributed by atoms with van der Waals surface area (Å²) in [5.41, 5.74) is -4.74. The molecule has 2 saturated heterocycles. The predicted octanol–water partition coefficient (Wildman–Crippen LogP) is 4.60. The van der Waals surface area contributed by atoms with Crippen LogP contribution in [-0.4, -0.2) is 11.7 Å². The van der Waals surface area contributed by atoms with Gasteiger partial charge in [0, 0.05) is 6.42 Å². The Morgan fingerprint density at radius 2 is 1.67 bits per heavy atom. The fourth-order valence-corrected chi connectivity index (χ4v) is 5.18. The minimum Gasteiger partial charge on any atom is -0.447 e. The summed E-state index contributed by atoms with van der Waals surface area (Å²) in [7, 11) is 0. The predicted molar refractivity (Wildman–Crippen MR) is 95.1 cm³/mol. The van der Waals surface area contributed by atoms with Crippen molar-refractivity contribution < 1.29 is 22.6 Å². The minimum absolute atomic E-state index is 0.158. The van der Waals surface area contributed by atoms with Crippen molar-refractivity contribution in [3.63, 3.8) is 0 Å². The van der Waals surface area contributed by atoms with Crippen LogP contribution >= 0.6 is 0 Å². The van der Waals surface area contributed by atoms with Crippen molar-refractivity contribution in [1.82, 2.24) is 0 Å². The van der Waals surface area contributed by atoms with Crippen LogP contribution in [0.5, 0.6) is 0 Å². The lowest BCUT2D eigenvalue weighted by Gasteiger charge is -2.49. The van der Waals surface area contributed by atoms with Crippen LogP contribution in [0.4, 0.5) is 13.2 Å². The lowest BCUT2D eigenvalue weighted by atomic mass is 9.52. The Morgan fingerprint density at radius 1 is 1.00 bits per heavy atom. The number of hydrogen-bond donors (Lipinski definition) is 1. The van der Waals surface area contributed by atoms with Crippen molar-refractivity contribution in [3.8, 4) is 18.2 Å². The number of hydrogen-bond acceptors (Lipinski definition) is 6. The van der Waals surface area contributed by atoms with E-state index in [-0.39, 0.29) is 5.56 Å². The summed E-state index contributed by atoms with van der Waals surface area (Å²) in [6.07, 6.45) is -2.79. The second-order valence-electron chi connectivity index (χ2n) is 7.96.